The monoisotopic (exact) mass is 236 g/mol. The molecule has 7 heteroatoms. The van der Waals surface area contributed by atoms with E-state index in [1.54, 1.807) is 0 Å². The van der Waals surface area contributed by atoms with Gasteiger partial charge < -0.3 is 15.3 Å². The van der Waals surface area contributed by atoms with E-state index in [0.717, 1.165) is 0 Å². The molecule has 0 aromatic heterocycles. The molecule has 2 amide bonds. The zero-order chi connectivity index (χ0) is 12.1. The molecule has 1 fully saturated rings. The summed E-state index contributed by atoms with van der Waals surface area (Å²) in [5.41, 5.74) is 0. The van der Waals surface area contributed by atoms with Crippen LogP contribution in [0, 0.1) is 5.92 Å². The summed E-state index contributed by atoms with van der Waals surface area (Å²) in [6.45, 7) is -0.198. The minimum Gasteiger partial charge on any atom is -0.481 e. The summed E-state index contributed by atoms with van der Waals surface area (Å²) < 4.78 is 23.7. The van der Waals surface area contributed by atoms with Gasteiger partial charge in [0.05, 0.1) is 12.5 Å². The van der Waals surface area contributed by atoms with Crippen LogP contribution in [0.1, 0.15) is 12.8 Å². The zero-order valence-electron chi connectivity index (χ0n) is 8.66. The van der Waals surface area contributed by atoms with E-state index in [-0.39, 0.29) is 6.54 Å². The third-order valence-corrected chi connectivity index (χ3v) is 2.47. The molecule has 0 spiro atoms. The first-order chi connectivity index (χ1) is 7.50. The average Bonchev–Trinajstić information content (AvgIpc) is 2.26. The number of piperidine rings is 1. The molecular formula is C9H14F2N2O3. The van der Waals surface area contributed by atoms with Crippen LogP contribution >= 0.6 is 0 Å². The van der Waals surface area contributed by atoms with Crippen LogP contribution in [-0.4, -0.2) is 48.1 Å². The third-order valence-electron chi connectivity index (χ3n) is 2.47. The summed E-state index contributed by atoms with van der Waals surface area (Å²) in [6.07, 6.45) is -1.49. The largest absolute Gasteiger partial charge is 0.481 e. The lowest BCUT2D eigenvalue weighted by atomic mass is 9.99. The summed E-state index contributed by atoms with van der Waals surface area (Å²) in [6, 6.07) is -0.619. The summed E-state index contributed by atoms with van der Waals surface area (Å²) in [7, 11) is 0. The number of aliphatic carboxylic acids is 1. The molecule has 0 radical (unpaired) electrons. The fourth-order valence-electron chi connectivity index (χ4n) is 1.64. The van der Waals surface area contributed by atoms with Gasteiger partial charge in [-0.1, -0.05) is 0 Å². The lowest BCUT2D eigenvalue weighted by molar-refractivity contribution is -0.143. The van der Waals surface area contributed by atoms with E-state index in [1.807, 2.05) is 0 Å². The van der Waals surface area contributed by atoms with Crippen molar-refractivity contribution in [3.8, 4) is 0 Å². The van der Waals surface area contributed by atoms with Crippen molar-refractivity contribution >= 4 is 12.0 Å². The van der Waals surface area contributed by atoms with Crippen LogP contribution in [0.2, 0.25) is 0 Å². The molecule has 1 unspecified atom stereocenters. The number of carboxylic acids is 1. The number of carboxylic acid groups (broad SMARTS) is 1. The van der Waals surface area contributed by atoms with Crippen LogP contribution < -0.4 is 5.32 Å². The number of likely N-dealkylation sites (tertiary alicyclic amines) is 1. The normalized spacial score (nSPS) is 20.9. The number of carbonyl (C=O) groups is 2. The van der Waals surface area contributed by atoms with Gasteiger partial charge >= 0.3 is 12.0 Å². The van der Waals surface area contributed by atoms with Crippen molar-refractivity contribution in [2.75, 3.05) is 19.6 Å². The maximum Gasteiger partial charge on any atom is 0.317 e. The van der Waals surface area contributed by atoms with Crippen LogP contribution in [0.15, 0.2) is 0 Å². The molecule has 0 aliphatic carbocycles. The number of alkyl halides is 2. The lowest BCUT2D eigenvalue weighted by Crippen LogP contribution is -2.47. The van der Waals surface area contributed by atoms with Crippen molar-refractivity contribution in [2.45, 2.75) is 19.3 Å². The molecule has 1 heterocycles. The third kappa shape index (κ3) is 3.63. The molecule has 16 heavy (non-hydrogen) atoms. The molecule has 1 atom stereocenters. The van der Waals surface area contributed by atoms with Gasteiger partial charge in [0.2, 0.25) is 0 Å². The number of hydrogen-bond acceptors (Lipinski definition) is 2. The van der Waals surface area contributed by atoms with E-state index in [9.17, 15) is 18.4 Å². The average molecular weight is 236 g/mol. The number of halogens is 2. The Balaban J connectivity index is 2.41. The second-order valence-electron chi connectivity index (χ2n) is 3.70. The highest BCUT2D eigenvalue weighted by atomic mass is 19.3. The van der Waals surface area contributed by atoms with Crippen molar-refractivity contribution in [2.24, 2.45) is 5.92 Å². The van der Waals surface area contributed by atoms with Crippen molar-refractivity contribution in [1.82, 2.24) is 10.2 Å². The van der Waals surface area contributed by atoms with Gasteiger partial charge in [-0.05, 0) is 12.8 Å². The Kier molecular flexibility index (Phi) is 4.45. The predicted molar refractivity (Wildman–Crippen MR) is 51.3 cm³/mol. The minimum absolute atomic E-state index is 0.0877. The first-order valence-electron chi connectivity index (χ1n) is 5.04. The summed E-state index contributed by atoms with van der Waals surface area (Å²) >= 11 is 0. The molecule has 1 rings (SSSR count). The number of hydrogen-bond donors (Lipinski definition) is 2. The zero-order valence-corrected chi connectivity index (χ0v) is 8.66. The van der Waals surface area contributed by atoms with E-state index in [1.165, 1.54) is 4.90 Å². The molecule has 1 saturated heterocycles. The molecule has 0 aromatic carbocycles. The van der Waals surface area contributed by atoms with Gasteiger partial charge in [0.15, 0.2) is 0 Å². The van der Waals surface area contributed by atoms with Gasteiger partial charge in [-0.15, -0.1) is 0 Å². The van der Waals surface area contributed by atoms with Crippen LogP contribution in [0.25, 0.3) is 0 Å². The number of urea groups is 1. The van der Waals surface area contributed by atoms with E-state index in [4.69, 9.17) is 5.11 Å². The highest BCUT2D eigenvalue weighted by Gasteiger charge is 2.28. The number of nitrogens with zero attached hydrogens (tertiary/aromatic N) is 1. The highest BCUT2D eigenvalue weighted by molar-refractivity contribution is 5.76. The lowest BCUT2D eigenvalue weighted by Gasteiger charge is -2.30. The van der Waals surface area contributed by atoms with Crippen molar-refractivity contribution in [3.63, 3.8) is 0 Å². The fourth-order valence-corrected chi connectivity index (χ4v) is 1.64. The van der Waals surface area contributed by atoms with Crippen molar-refractivity contribution in [3.05, 3.63) is 0 Å². The van der Waals surface area contributed by atoms with Crippen LogP contribution in [-0.2, 0) is 4.79 Å². The van der Waals surface area contributed by atoms with E-state index in [0.29, 0.717) is 19.4 Å². The maximum absolute atomic E-state index is 11.8. The minimum atomic E-state index is -2.59. The number of nitrogens with one attached hydrogen (secondary N) is 1. The standard InChI is InChI=1S/C9H14F2N2O3/c10-7(11)4-12-9(16)13-3-1-2-6(5-13)8(14)15/h6-7H,1-5H2,(H,12,16)(H,14,15). The molecule has 2 N–H and O–H groups in total. The number of amides is 2. The molecule has 1 aliphatic rings. The van der Waals surface area contributed by atoms with Gasteiger partial charge in [-0.2, -0.15) is 0 Å². The summed E-state index contributed by atoms with van der Waals surface area (Å²) in [4.78, 5) is 23.3. The second-order valence-corrected chi connectivity index (χ2v) is 3.70. The Bertz CT molecular complexity index is 273. The van der Waals surface area contributed by atoms with Crippen LogP contribution in [0.4, 0.5) is 13.6 Å². The molecule has 5 nitrogen and oxygen atoms in total. The van der Waals surface area contributed by atoms with Gasteiger partial charge in [0.1, 0.15) is 0 Å². The first kappa shape index (κ1) is 12.7. The van der Waals surface area contributed by atoms with E-state index >= 15 is 0 Å². The predicted octanol–water partition coefficient (Wildman–Crippen LogP) is 0.758. The summed E-state index contributed by atoms with van der Waals surface area (Å²) in [5, 5.41) is 10.8. The second kappa shape index (κ2) is 5.62. The Hall–Kier alpha value is -1.40. The van der Waals surface area contributed by atoms with Gasteiger partial charge in [0, 0.05) is 13.1 Å². The highest BCUT2D eigenvalue weighted by Crippen LogP contribution is 2.16. The van der Waals surface area contributed by atoms with Crippen molar-refractivity contribution < 1.29 is 23.5 Å². The molecule has 0 aromatic rings. The van der Waals surface area contributed by atoms with E-state index < -0.39 is 30.9 Å². The Labute approximate surface area is 91.4 Å². The molecular weight excluding hydrogens is 222 g/mol. The number of rotatable bonds is 3. The quantitative estimate of drug-likeness (QED) is 0.760. The first-order valence-corrected chi connectivity index (χ1v) is 5.04. The maximum atomic E-state index is 11.8. The van der Waals surface area contributed by atoms with Gasteiger partial charge in [0.25, 0.3) is 6.43 Å². The molecule has 0 bridgehead atoms. The fraction of sp³-hybridized carbons (Fsp3) is 0.778. The Morgan fingerprint density at radius 1 is 1.50 bits per heavy atom. The van der Waals surface area contributed by atoms with Crippen LogP contribution in [0.3, 0.4) is 0 Å². The molecule has 92 valence electrons. The van der Waals surface area contributed by atoms with Gasteiger partial charge in [-0.3, -0.25) is 4.79 Å². The Morgan fingerprint density at radius 2 is 2.19 bits per heavy atom. The summed E-state index contributed by atoms with van der Waals surface area (Å²) in [5.74, 6) is -1.54. The topological polar surface area (TPSA) is 69.6 Å². The SMILES string of the molecule is O=C(O)C1CCCN(C(=O)NCC(F)F)C1. The van der Waals surface area contributed by atoms with E-state index in [2.05, 4.69) is 5.32 Å². The smallest absolute Gasteiger partial charge is 0.317 e. The van der Waals surface area contributed by atoms with Crippen molar-refractivity contribution in [1.29, 1.82) is 0 Å². The molecule has 1 aliphatic heterocycles. The van der Waals surface area contributed by atoms with Crippen LogP contribution in [0.5, 0.6) is 0 Å². The molecule has 0 saturated carbocycles. The Morgan fingerprint density at radius 3 is 2.75 bits per heavy atom. The van der Waals surface area contributed by atoms with Gasteiger partial charge in [-0.25, -0.2) is 13.6 Å². The number of carbonyl (C=O) groups excluding carboxylic acids is 1.